The predicted molar refractivity (Wildman–Crippen MR) is 44.7 cm³/mol. The number of carbonyl (C=O) groups is 2. The Kier molecular flexibility index (Phi) is 2.94. The smallest absolute Gasteiger partial charge is 0.238 e. The van der Waals surface area contributed by atoms with Crippen LogP contribution < -0.4 is 0 Å². The van der Waals surface area contributed by atoms with Crippen LogP contribution in [-0.2, 0) is 9.59 Å². The monoisotopic (exact) mass is 220 g/mol. The summed E-state index contributed by atoms with van der Waals surface area (Å²) >= 11 is 0. The highest BCUT2D eigenvalue weighted by atomic mass is 16.1. The standard InChI is InChI=1S/C6H4N8O2/c7-11-1-2(12-8)6(16)4(14-10)3(13-9)5(1)15/h7-10H. The molecule has 16 heavy (non-hydrogen) atoms. The largest absolute Gasteiger partial charge is 0.285 e. The van der Waals surface area contributed by atoms with Gasteiger partial charge in [-0.15, -0.1) is 0 Å². The first-order chi connectivity index (χ1) is 7.62. The van der Waals surface area contributed by atoms with Crippen LogP contribution >= 0.6 is 0 Å². The van der Waals surface area contributed by atoms with Crippen molar-refractivity contribution in [3.05, 3.63) is 22.8 Å². The zero-order valence-corrected chi connectivity index (χ0v) is 7.61. The summed E-state index contributed by atoms with van der Waals surface area (Å²) in [5.74, 6) is -2.05. The van der Waals surface area contributed by atoms with Crippen molar-refractivity contribution in [1.82, 2.24) is 0 Å². The van der Waals surface area contributed by atoms with Crippen molar-refractivity contribution < 1.29 is 9.59 Å². The lowest BCUT2D eigenvalue weighted by Gasteiger charge is -2.10. The first-order valence-corrected chi connectivity index (χ1v) is 3.70. The molecule has 0 spiro atoms. The molecule has 10 heteroatoms. The molecular weight excluding hydrogens is 216 g/mol. The van der Waals surface area contributed by atoms with E-state index in [2.05, 4.69) is 20.5 Å². The fourth-order valence-corrected chi connectivity index (χ4v) is 1.07. The lowest BCUT2D eigenvalue weighted by molar-refractivity contribution is -0.116. The number of nitrogens with one attached hydrogen (secondary N) is 4. The van der Waals surface area contributed by atoms with Crippen LogP contribution in [0.3, 0.4) is 0 Å². The van der Waals surface area contributed by atoms with Gasteiger partial charge in [0.15, 0.2) is 22.8 Å². The summed E-state index contributed by atoms with van der Waals surface area (Å²) in [6.45, 7) is 0. The van der Waals surface area contributed by atoms with Gasteiger partial charge in [0.05, 0.1) is 0 Å². The second kappa shape index (κ2) is 4.16. The molecule has 0 aromatic carbocycles. The SMILES string of the molecule is N=NC1=C(N=N)C(=O)C(N=N)=C(N=N)C1=O. The van der Waals surface area contributed by atoms with Gasteiger partial charge in [-0.2, -0.15) is 20.5 Å². The van der Waals surface area contributed by atoms with E-state index in [1.807, 2.05) is 0 Å². The molecule has 0 heterocycles. The highest BCUT2D eigenvalue weighted by Gasteiger charge is 2.36. The molecular formula is C6H4N8O2. The van der Waals surface area contributed by atoms with Gasteiger partial charge in [0.2, 0.25) is 11.6 Å². The van der Waals surface area contributed by atoms with Gasteiger partial charge in [-0.05, 0) is 0 Å². The minimum Gasteiger partial charge on any atom is -0.285 e. The summed E-state index contributed by atoms with van der Waals surface area (Å²) in [6.07, 6.45) is 0. The van der Waals surface area contributed by atoms with E-state index in [4.69, 9.17) is 22.1 Å². The highest BCUT2D eigenvalue weighted by Crippen LogP contribution is 2.27. The number of carbonyl (C=O) groups excluding carboxylic acids is 2. The molecule has 0 fully saturated rings. The van der Waals surface area contributed by atoms with Gasteiger partial charge in [-0.25, -0.2) is 22.1 Å². The number of hydrogen-bond acceptors (Lipinski definition) is 10. The third-order valence-electron chi connectivity index (χ3n) is 1.76. The van der Waals surface area contributed by atoms with Crippen molar-refractivity contribution in [2.45, 2.75) is 0 Å². The van der Waals surface area contributed by atoms with Gasteiger partial charge >= 0.3 is 0 Å². The summed E-state index contributed by atoms with van der Waals surface area (Å²) in [7, 11) is 0. The average Bonchev–Trinajstić information content (AvgIpc) is 2.30. The van der Waals surface area contributed by atoms with Gasteiger partial charge in [-0.3, -0.25) is 9.59 Å². The number of rotatable bonds is 4. The number of hydrogen-bond donors (Lipinski definition) is 4. The van der Waals surface area contributed by atoms with Crippen molar-refractivity contribution in [3.63, 3.8) is 0 Å². The topological polar surface area (TPSA) is 179 Å². The molecule has 0 aromatic heterocycles. The Balaban J connectivity index is 3.58. The molecule has 0 aromatic rings. The van der Waals surface area contributed by atoms with Crippen LogP contribution in [-0.4, -0.2) is 11.6 Å². The zero-order chi connectivity index (χ0) is 12.3. The van der Waals surface area contributed by atoms with E-state index in [-0.39, 0.29) is 0 Å². The summed E-state index contributed by atoms with van der Waals surface area (Å²) in [6, 6.07) is 0. The molecule has 0 unspecified atom stereocenters. The van der Waals surface area contributed by atoms with E-state index in [1.165, 1.54) is 0 Å². The summed E-state index contributed by atoms with van der Waals surface area (Å²) in [5.41, 5.74) is 24.0. The van der Waals surface area contributed by atoms with Crippen LogP contribution in [0, 0.1) is 22.1 Å². The first kappa shape index (κ1) is 11.3. The minimum absolute atomic E-state index is 0.682. The number of nitrogens with zero attached hydrogens (tertiary/aromatic N) is 4. The molecule has 0 amide bonds. The molecule has 0 radical (unpaired) electrons. The predicted octanol–water partition coefficient (Wildman–Crippen LogP) is 1.69. The molecule has 0 atom stereocenters. The van der Waals surface area contributed by atoms with E-state index in [0.717, 1.165) is 0 Å². The Hall–Kier alpha value is -2.78. The van der Waals surface area contributed by atoms with Crippen LogP contribution in [0.4, 0.5) is 0 Å². The second-order valence-electron chi connectivity index (χ2n) is 2.50. The molecule has 0 saturated heterocycles. The van der Waals surface area contributed by atoms with Crippen LogP contribution in [0.1, 0.15) is 0 Å². The van der Waals surface area contributed by atoms with Gasteiger partial charge in [0.1, 0.15) is 0 Å². The molecule has 0 bridgehead atoms. The fraction of sp³-hybridized carbons (Fsp3) is 0. The normalized spacial score (nSPS) is 16.2. The van der Waals surface area contributed by atoms with E-state index in [0.29, 0.717) is 0 Å². The van der Waals surface area contributed by atoms with Crippen molar-refractivity contribution in [2.75, 3.05) is 0 Å². The summed E-state index contributed by atoms with van der Waals surface area (Å²) in [4.78, 5) is 23.0. The van der Waals surface area contributed by atoms with E-state index >= 15 is 0 Å². The quantitative estimate of drug-likeness (QED) is 0.416. The second-order valence-corrected chi connectivity index (χ2v) is 2.50. The van der Waals surface area contributed by atoms with Crippen molar-refractivity contribution in [2.24, 2.45) is 20.5 Å². The fourth-order valence-electron chi connectivity index (χ4n) is 1.07. The Labute approximate surface area is 87.4 Å². The Morgan fingerprint density at radius 3 is 0.875 bits per heavy atom. The molecule has 0 aliphatic heterocycles. The molecule has 1 aliphatic rings. The summed E-state index contributed by atoms with van der Waals surface area (Å²) < 4.78 is 0. The number of ketones is 2. The molecule has 80 valence electrons. The summed E-state index contributed by atoms with van der Waals surface area (Å²) in [5, 5.41) is 11.1. The molecule has 0 saturated carbocycles. The van der Waals surface area contributed by atoms with Crippen LogP contribution in [0.15, 0.2) is 43.2 Å². The van der Waals surface area contributed by atoms with E-state index in [1.54, 1.807) is 0 Å². The third-order valence-corrected chi connectivity index (χ3v) is 1.76. The maximum absolute atomic E-state index is 11.5. The maximum atomic E-state index is 11.5. The highest BCUT2D eigenvalue weighted by molar-refractivity contribution is 6.24. The van der Waals surface area contributed by atoms with Crippen molar-refractivity contribution >= 4 is 11.6 Å². The third kappa shape index (κ3) is 1.37. The van der Waals surface area contributed by atoms with Crippen LogP contribution in [0.5, 0.6) is 0 Å². The minimum atomic E-state index is -1.03. The van der Waals surface area contributed by atoms with Gasteiger partial charge in [0, 0.05) is 0 Å². The van der Waals surface area contributed by atoms with Gasteiger partial charge < -0.3 is 0 Å². The van der Waals surface area contributed by atoms with Crippen LogP contribution in [0.2, 0.25) is 0 Å². The zero-order valence-electron chi connectivity index (χ0n) is 7.61. The first-order valence-electron chi connectivity index (χ1n) is 3.70. The molecule has 1 aliphatic carbocycles. The van der Waals surface area contributed by atoms with Gasteiger partial charge in [-0.1, -0.05) is 0 Å². The maximum Gasteiger partial charge on any atom is 0.238 e. The lowest BCUT2D eigenvalue weighted by Crippen LogP contribution is -2.20. The Bertz CT molecular complexity index is 413. The van der Waals surface area contributed by atoms with Gasteiger partial charge in [0.25, 0.3) is 0 Å². The number of Topliss-reactive ketones (excluding diaryl/α,β-unsaturated/α-hetero) is 2. The van der Waals surface area contributed by atoms with Crippen LogP contribution in [0.25, 0.3) is 0 Å². The Morgan fingerprint density at radius 1 is 0.562 bits per heavy atom. The Morgan fingerprint density at radius 2 is 0.750 bits per heavy atom. The van der Waals surface area contributed by atoms with E-state index < -0.39 is 34.4 Å². The van der Waals surface area contributed by atoms with Crippen molar-refractivity contribution in [3.8, 4) is 0 Å². The van der Waals surface area contributed by atoms with Crippen molar-refractivity contribution in [1.29, 1.82) is 22.1 Å². The molecule has 4 N–H and O–H groups in total. The lowest BCUT2D eigenvalue weighted by atomic mass is 10.0. The van der Waals surface area contributed by atoms with E-state index in [9.17, 15) is 9.59 Å². The average molecular weight is 220 g/mol. The molecule has 10 nitrogen and oxygen atoms in total. The molecule has 1 rings (SSSR count).